The quantitative estimate of drug-likeness (QED) is 0.0762. The molecule has 12 heteroatoms. The fourth-order valence-electron chi connectivity index (χ4n) is 3.94. The summed E-state index contributed by atoms with van der Waals surface area (Å²) in [5.41, 5.74) is 2.17. The molecule has 0 aliphatic heterocycles. The van der Waals surface area contributed by atoms with Crippen LogP contribution in [0.4, 0.5) is 0 Å². The summed E-state index contributed by atoms with van der Waals surface area (Å²) in [7, 11) is 4.41. The van der Waals surface area contributed by atoms with Gasteiger partial charge in [0.1, 0.15) is 0 Å². The Labute approximate surface area is 338 Å². The smallest absolute Gasteiger partial charge is 0.160 e. The lowest BCUT2D eigenvalue weighted by molar-refractivity contribution is 0.0300. The fourth-order valence-corrected chi connectivity index (χ4v) is 3.94. The zero-order valence-corrected chi connectivity index (χ0v) is 36.5. The maximum atomic E-state index is 9.12. The molecule has 0 aromatic heterocycles. The first-order valence-electron chi connectivity index (χ1n) is 19.2. The van der Waals surface area contributed by atoms with E-state index in [-0.39, 0.29) is 37.1 Å². The topological polar surface area (TPSA) is 177 Å². The second kappa shape index (κ2) is 36.8. The number of phenols is 3. The molecule has 3 aromatic rings. The molecule has 0 atom stereocenters. The Hall–Kier alpha value is -3.78. The predicted octanol–water partition coefficient (Wildman–Crippen LogP) is 8.64. The van der Waals surface area contributed by atoms with Crippen LogP contribution >= 0.6 is 0 Å². The van der Waals surface area contributed by atoms with Crippen LogP contribution < -0.4 is 14.2 Å². The molecular formula is C44H76O12. The first-order chi connectivity index (χ1) is 26.5. The normalized spacial score (nSPS) is 10.1. The van der Waals surface area contributed by atoms with Crippen molar-refractivity contribution in [2.75, 3.05) is 47.8 Å². The summed E-state index contributed by atoms with van der Waals surface area (Å²) in [5, 5.41) is 53.5. The monoisotopic (exact) mass is 797 g/mol. The number of aromatic hydroxyl groups is 3. The van der Waals surface area contributed by atoms with Crippen LogP contribution in [-0.4, -0.2) is 90.6 Å². The largest absolute Gasteiger partial charge is 0.504 e. The van der Waals surface area contributed by atoms with E-state index in [2.05, 4.69) is 41.5 Å². The van der Waals surface area contributed by atoms with Crippen LogP contribution in [0.25, 0.3) is 0 Å². The van der Waals surface area contributed by atoms with Crippen molar-refractivity contribution in [3.05, 3.63) is 71.3 Å². The van der Waals surface area contributed by atoms with Crippen LogP contribution in [0.3, 0.4) is 0 Å². The number of rotatable bonds is 16. The Morgan fingerprint density at radius 1 is 0.464 bits per heavy atom. The molecule has 0 spiro atoms. The standard InChI is InChI=1S/3C8H10O3.C8H18O.2C6H14O/c3*1-11-8-4-6(5-9)2-3-7(8)10;1-7(2)5-9-6-8(3)4;1-5(2)7-6(3)4;1-3-5-7-6-4-2/h3*2-4,9-10H,5H2,1H3;7-8H,5-6H2,1-4H3;5-6H,1-4H3;3-6H2,1-2H3. The molecule has 0 bridgehead atoms. The second-order valence-corrected chi connectivity index (χ2v) is 13.7. The van der Waals surface area contributed by atoms with Gasteiger partial charge in [-0.25, -0.2) is 0 Å². The first kappa shape index (κ1) is 56.6. The lowest BCUT2D eigenvalue weighted by Crippen LogP contribution is -2.09. The van der Waals surface area contributed by atoms with Gasteiger partial charge in [-0.15, -0.1) is 0 Å². The number of ether oxygens (including phenoxy) is 6. The Balaban J connectivity index is -0.000000609. The van der Waals surface area contributed by atoms with E-state index in [4.69, 9.17) is 59.1 Å². The molecule has 3 rings (SSSR count). The van der Waals surface area contributed by atoms with E-state index in [1.165, 1.54) is 39.5 Å². The van der Waals surface area contributed by atoms with E-state index in [1.54, 1.807) is 36.4 Å². The molecule has 0 fully saturated rings. The minimum Gasteiger partial charge on any atom is -0.504 e. The Morgan fingerprint density at radius 2 is 0.750 bits per heavy atom. The molecule has 0 radical (unpaired) electrons. The second-order valence-electron chi connectivity index (χ2n) is 13.7. The molecule has 0 aliphatic carbocycles. The van der Waals surface area contributed by atoms with Crippen molar-refractivity contribution in [3.63, 3.8) is 0 Å². The van der Waals surface area contributed by atoms with Crippen molar-refractivity contribution >= 4 is 0 Å². The van der Waals surface area contributed by atoms with Crippen LogP contribution in [0.15, 0.2) is 54.6 Å². The third kappa shape index (κ3) is 32.5. The number of hydrogen-bond acceptors (Lipinski definition) is 12. The Morgan fingerprint density at radius 3 is 0.929 bits per heavy atom. The number of aliphatic hydroxyl groups excluding tert-OH is 3. The van der Waals surface area contributed by atoms with Crippen molar-refractivity contribution in [1.29, 1.82) is 0 Å². The highest BCUT2D eigenvalue weighted by molar-refractivity contribution is 5.42. The highest BCUT2D eigenvalue weighted by Crippen LogP contribution is 2.27. The summed E-state index contributed by atoms with van der Waals surface area (Å²) in [5.74, 6) is 2.76. The third-order valence-corrected chi connectivity index (χ3v) is 6.42. The molecule has 0 saturated heterocycles. The molecule has 0 amide bonds. The van der Waals surface area contributed by atoms with E-state index >= 15 is 0 Å². The maximum absolute atomic E-state index is 9.12. The van der Waals surface area contributed by atoms with Gasteiger partial charge in [0.15, 0.2) is 34.5 Å². The summed E-state index contributed by atoms with van der Waals surface area (Å²) in [6.45, 7) is 24.6. The Bertz CT molecular complexity index is 1180. The fraction of sp³-hybridized carbons (Fsp3) is 0.591. The van der Waals surface area contributed by atoms with E-state index in [0.29, 0.717) is 41.3 Å². The lowest BCUT2D eigenvalue weighted by atomic mass is 10.2. The van der Waals surface area contributed by atoms with E-state index < -0.39 is 0 Å². The summed E-state index contributed by atoms with van der Waals surface area (Å²) in [6, 6.07) is 14.2. The minimum absolute atomic E-state index is 0.0450. The highest BCUT2D eigenvalue weighted by atomic mass is 16.5. The van der Waals surface area contributed by atoms with E-state index in [0.717, 1.165) is 56.0 Å². The number of benzene rings is 3. The summed E-state index contributed by atoms with van der Waals surface area (Å²) in [6.07, 6.45) is 3.03. The van der Waals surface area contributed by atoms with Crippen molar-refractivity contribution in [1.82, 2.24) is 0 Å². The van der Waals surface area contributed by atoms with Gasteiger partial charge in [0, 0.05) is 26.4 Å². The van der Waals surface area contributed by atoms with Crippen molar-refractivity contribution in [2.24, 2.45) is 11.8 Å². The van der Waals surface area contributed by atoms with Crippen LogP contribution in [0.5, 0.6) is 34.5 Å². The van der Waals surface area contributed by atoms with Gasteiger partial charge in [0.05, 0.1) is 53.4 Å². The average Bonchev–Trinajstić information content (AvgIpc) is 3.16. The first-order valence-corrected chi connectivity index (χ1v) is 19.2. The van der Waals surface area contributed by atoms with Crippen LogP contribution in [0.1, 0.15) is 98.8 Å². The van der Waals surface area contributed by atoms with Gasteiger partial charge >= 0.3 is 0 Å². The van der Waals surface area contributed by atoms with E-state index in [9.17, 15) is 0 Å². The SMILES string of the molecule is CC(C)COCC(C)C.CC(C)OC(C)C.CCCOCCC.COc1cc(CO)ccc1O.COc1cc(CO)ccc1O.COc1cc(CO)ccc1O. The van der Waals surface area contributed by atoms with Crippen molar-refractivity contribution < 1.29 is 59.1 Å². The maximum Gasteiger partial charge on any atom is 0.160 e. The number of phenolic OH excluding ortho intramolecular Hbond substituents is 3. The molecule has 12 nitrogen and oxygen atoms in total. The minimum atomic E-state index is -0.0450. The molecule has 324 valence electrons. The third-order valence-electron chi connectivity index (χ3n) is 6.42. The van der Waals surface area contributed by atoms with Gasteiger partial charge in [-0.2, -0.15) is 0 Å². The number of methoxy groups -OCH3 is 3. The van der Waals surface area contributed by atoms with Gasteiger partial charge in [-0.3, -0.25) is 0 Å². The molecular weight excluding hydrogens is 720 g/mol. The Kier molecular flexibility index (Phi) is 37.2. The van der Waals surface area contributed by atoms with Gasteiger partial charge in [-0.1, -0.05) is 59.7 Å². The van der Waals surface area contributed by atoms with Gasteiger partial charge in [-0.05, 0) is 105 Å². The molecule has 0 aliphatic rings. The number of hydrogen-bond donors (Lipinski definition) is 6. The van der Waals surface area contributed by atoms with Crippen LogP contribution in [-0.2, 0) is 34.0 Å². The van der Waals surface area contributed by atoms with Gasteiger partial charge < -0.3 is 59.1 Å². The summed E-state index contributed by atoms with van der Waals surface area (Å²) >= 11 is 0. The van der Waals surface area contributed by atoms with Gasteiger partial charge in [0.2, 0.25) is 0 Å². The average molecular weight is 797 g/mol. The van der Waals surface area contributed by atoms with Crippen LogP contribution in [0, 0.1) is 11.8 Å². The molecule has 56 heavy (non-hydrogen) atoms. The van der Waals surface area contributed by atoms with Gasteiger partial charge in [0.25, 0.3) is 0 Å². The predicted molar refractivity (Wildman–Crippen MR) is 225 cm³/mol. The molecule has 0 unspecified atom stereocenters. The molecule has 6 N–H and O–H groups in total. The zero-order chi connectivity index (χ0) is 43.5. The number of aliphatic hydroxyl groups is 3. The molecule has 0 saturated carbocycles. The highest BCUT2D eigenvalue weighted by Gasteiger charge is 2.02. The summed E-state index contributed by atoms with van der Waals surface area (Å²) in [4.78, 5) is 0. The molecule has 0 heterocycles. The van der Waals surface area contributed by atoms with E-state index in [1.807, 2.05) is 27.7 Å². The van der Waals surface area contributed by atoms with Crippen molar-refractivity contribution in [2.45, 2.75) is 114 Å². The zero-order valence-electron chi connectivity index (χ0n) is 36.5. The summed E-state index contributed by atoms with van der Waals surface area (Å²) < 4.78 is 30.2. The van der Waals surface area contributed by atoms with Crippen LogP contribution in [0.2, 0.25) is 0 Å². The van der Waals surface area contributed by atoms with Crippen molar-refractivity contribution in [3.8, 4) is 34.5 Å². The molecule has 3 aromatic carbocycles. The lowest BCUT2D eigenvalue weighted by Gasteiger charge is -2.09.